The van der Waals surface area contributed by atoms with Crippen molar-refractivity contribution in [2.45, 2.75) is 26.3 Å². The maximum absolute atomic E-state index is 11.9. The van der Waals surface area contributed by atoms with Crippen LogP contribution in [0.15, 0.2) is 22.7 Å². The third kappa shape index (κ3) is 4.81. The van der Waals surface area contributed by atoms with Crippen molar-refractivity contribution >= 4 is 37.8 Å². The molecule has 0 saturated heterocycles. The lowest BCUT2D eigenvalue weighted by Gasteiger charge is -2.21. The van der Waals surface area contributed by atoms with Crippen LogP contribution in [0, 0.1) is 0 Å². The molecule has 0 aliphatic carbocycles. The molecule has 0 atom stereocenters. The minimum atomic E-state index is -3.86. The molecule has 0 aliphatic rings. The highest BCUT2D eigenvalue weighted by Gasteiger charge is 2.23. The van der Waals surface area contributed by atoms with E-state index in [0.29, 0.717) is 4.47 Å². The van der Waals surface area contributed by atoms with Crippen LogP contribution in [-0.2, 0) is 10.2 Å². The lowest BCUT2D eigenvalue weighted by atomic mass is 10.1. The number of anilines is 1. The zero-order valence-electron chi connectivity index (χ0n) is 10.7. The molecule has 0 amide bonds. The molecule has 0 saturated carbocycles. The Morgan fingerprint density at radius 2 is 1.89 bits per heavy atom. The van der Waals surface area contributed by atoms with Gasteiger partial charge >= 0.3 is 5.97 Å². The molecule has 0 radical (unpaired) electrons. The van der Waals surface area contributed by atoms with Crippen LogP contribution in [0.1, 0.15) is 31.1 Å². The molecule has 0 heterocycles. The predicted octanol–water partition coefficient (Wildman–Crippen LogP) is 2.19. The summed E-state index contributed by atoms with van der Waals surface area (Å²) in [4.78, 5) is 11.1. The van der Waals surface area contributed by atoms with Crippen molar-refractivity contribution in [2.24, 2.45) is 0 Å². The summed E-state index contributed by atoms with van der Waals surface area (Å²) in [6.07, 6.45) is 0. The number of carboxylic acids is 1. The Kier molecular flexibility index (Phi) is 4.59. The number of carbonyl (C=O) groups is 1. The fraction of sp³-hybridized carbons (Fsp3) is 0.364. The molecular weight excluding hydrogens is 336 g/mol. The average Bonchev–Trinajstić information content (AvgIpc) is 2.16. The topological polar surface area (TPSA) is 95.5 Å². The Morgan fingerprint density at radius 1 is 1.32 bits per heavy atom. The van der Waals surface area contributed by atoms with Crippen molar-refractivity contribution in [3.05, 3.63) is 28.2 Å². The lowest BCUT2D eigenvalue weighted by molar-refractivity contribution is 0.0698. The van der Waals surface area contributed by atoms with E-state index in [1.807, 2.05) is 0 Å². The molecule has 1 rings (SSSR count). The first-order valence-corrected chi connectivity index (χ1v) is 7.63. The smallest absolute Gasteiger partial charge is 0.337 e. The van der Waals surface area contributed by atoms with E-state index in [1.165, 1.54) is 12.1 Å². The number of para-hydroxylation sites is 1. The summed E-state index contributed by atoms with van der Waals surface area (Å²) < 4.78 is 28.8. The number of rotatable bonds is 4. The highest BCUT2D eigenvalue weighted by molar-refractivity contribution is 9.10. The van der Waals surface area contributed by atoms with Gasteiger partial charge in [0.2, 0.25) is 0 Å². The highest BCUT2D eigenvalue weighted by atomic mass is 79.9. The molecule has 106 valence electrons. The molecule has 19 heavy (non-hydrogen) atoms. The first-order chi connectivity index (χ1) is 8.52. The maximum atomic E-state index is 11.9. The van der Waals surface area contributed by atoms with Gasteiger partial charge in [-0.2, -0.15) is 13.1 Å². The van der Waals surface area contributed by atoms with Crippen LogP contribution in [-0.4, -0.2) is 25.0 Å². The van der Waals surface area contributed by atoms with Crippen LogP contribution in [0.5, 0.6) is 0 Å². The minimum Gasteiger partial charge on any atom is -0.478 e. The number of nitrogens with one attached hydrogen (secondary N) is 2. The Hall–Kier alpha value is -1.12. The van der Waals surface area contributed by atoms with Crippen LogP contribution in [0.2, 0.25) is 0 Å². The fourth-order valence-electron chi connectivity index (χ4n) is 1.37. The van der Waals surface area contributed by atoms with Gasteiger partial charge in [0.05, 0.1) is 11.3 Å². The first kappa shape index (κ1) is 15.9. The third-order valence-corrected chi connectivity index (χ3v) is 3.94. The predicted molar refractivity (Wildman–Crippen MR) is 76.5 cm³/mol. The molecule has 0 spiro atoms. The summed E-state index contributed by atoms with van der Waals surface area (Å²) in [5.74, 6) is -1.21. The van der Waals surface area contributed by atoms with E-state index in [1.54, 1.807) is 26.8 Å². The molecule has 0 aliphatic heterocycles. The molecule has 3 N–H and O–H groups in total. The molecular formula is C11H15BrN2O4S. The molecule has 8 heteroatoms. The zero-order valence-corrected chi connectivity index (χ0v) is 13.1. The van der Waals surface area contributed by atoms with E-state index in [9.17, 15) is 13.2 Å². The molecule has 1 aromatic rings. The van der Waals surface area contributed by atoms with Gasteiger partial charge in [-0.3, -0.25) is 4.72 Å². The molecule has 1 aromatic carbocycles. The van der Waals surface area contributed by atoms with Crippen molar-refractivity contribution in [3.8, 4) is 0 Å². The van der Waals surface area contributed by atoms with Gasteiger partial charge in [-0.25, -0.2) is 4.79 Å². The number of hydrogen-bond donors (Lipinski definition) is 3. The number of halogens is 1. The summed E-state index contributed by atoms with van der Waals surface area (Å²) in [5, 5.41) is 9.04. The van der Waals surface area contributed by atoms with Crippen molar-refractivity contribution in [1.29, 1.82) is 0 Å². The van der Waals surface area contributed by atoms with Crippen molar-refractivity contribution in [1.82, 2.24) is 4.72 Å². The summed E-state index contributed by atoms with van der Waals surface area (Å²) in [5.41, 5.74) is -0.809. The summed E-state index contributed by atoms with van der Waals surface area (Å²) in [6.45, 7) is 5.05. The van der Waals surface area contributed by atoms with Gasteiger partial charge in [0.1, 0.15) is 0 Å². The van der Waals surface area contributed by atoms with E-state index in [4.69, 9.17) is 5.11 Å². The quantitative estimate of drug-likeness (QED) is 0.775. The van der Waals surface area contributed by atoms with Crippen molar-refractivity contribution in [3.63, 3.8) is 0 Å². The Bertz CT molecular complexity index is 593. The average molecular weight is 351 g/mol. The van der Waals surface area contributed by atoms with Gasteiger partial charge < -0.3 is 5.11 Å². The Labute approximate surface area is 120 Å². The monoisotopic (exact) mass is 350 g/mol. The molecule has 6 nitrogen and oxygen atoms in total. The van der Waals surface area contributed by atoms with E-state index >= 15 is 0 Å². The van der Waals surface area contributed by atoms with Gasteiger partial charge in [0.25, 0.3) is 10.2 Å². The van der Waals surface area contributed by atoms with E-state index in [2.05, 4.69) is 25.4 Å². The number of hydrogen-bond acceptors (Lipinski definition) is 3. The number of carboxylic acid groups (broad SMARTS) is 1. The second-order valence-corrected chi connectivity index (χ2v) is 7.19. The molecule has 0 bridgehead atoms. The molecule has 0 fully saturated rings. The third-order valence-electron chi connectivity index (χ3n) is 1.92. The highest BCUT2D eigenvalue weighted by Crippen LogP contribution is 2.27. The van der Waals surface area contributed by atoms with Gasteiger partial charge in [0, 0.05) is 10.0 Å². The van der Waals surface area contributed by atoms with Crippen LogP contribution in [0.4, 0.5) is 5.69 Å². The van der Waals surface area contributed by atoms with E-state index in [-0.39, 0.29) is 11.3 Å². The zero-order chi connectivity index (χ0) is 14.8. The van der Waals surface area contributed by atoms with Crippen LogP contribution in [0.25, 0.3) is 0 Å². The lowest BCUT2D eigenvalue weighted by Crippen LogP contribution is -2.43. The SMILES string of the molecule is CC(C)(C)NS(=O)(=O)Nc1c(Br)cccc1C(=O)O. The van der Waals surface area contributed by atoms with Gasteiger partial charge in [-0.1, -0.05) is 6.07 Å². The minimum absolute atomic E-state index is 0.00764. The van der Waals surface area contributed by atoms with Crippen LogP contribution < -0.4 is 9.44 Å². The van der Waals surface area contributed by atoms with Gasteiger partial charge in [-0.15, -0.1) is 0 Å². The second-order valence-electron chi connectivity index (χ2n) is 4.93. The molecule has 0 aromatic heterocycles. The summed E-state index contributed by atoms with van der Waals surface area (Å²) >= 11 is 3.13. The number of benzene rings is 1. The van der Waals surface area contributed by atoms with Crippen molar-refractivity contribution in [2.75, 3.05) is 4.72 Å². The summed E-state index contributed by atoms with van der Waals surface area (Å²) in [6, 6.07) is 4.39. The summed E-state index contributed by atoms with van der Waals surface area (Å²) in [7, 11) is -3.86. The largest absolute Gasteiger partial charge is 0.478 e. The van der Waals surface area contributed by atoms with Gasteiger partial charge in [0.15, 0.2) is 0 Å². The molecule has 0 unspecified atom stereocenters. The number of aromatic carboxylic acids is 1. The van der Waals surface area contributed by atoms with E-state index < -0.39 is 21.7 Å². The van der Waals surface area contributed by atoms with Gasteiger partial charge in [-0.05, 0) is 48.8 Å². The second kappa shape index (κ2) is 5.48. The standard InChI is InChI=1S/C11H15BrN2O4S/c1-11(2,3)14-19(17,18)13-9-7(10(15)16)5-4-6-8(9)12/h4-6,13-14H,1-3H3,(H,15,16). The Morgan fingerprint density at radius 3 is 2.37 bits per heavy atom. The first-order valence-electron chi connectivity index (χ1n) is 5.35. The maximum Gasteiger partial charge on any atom is 0.337 e. The van der Waals surface area contributed by atoms with Crippen LogP contribution in [0.3, 0.4) is 0 Å². The fourth-order valence-corrected chi connectivity index (χ4v) is 3.31. The van der Waals surface area contributed by atoms with Crippen LogP contribution >= 0.6 is 15.9 Å². The normalized spacial score (nSPS) is 12.2. The van der Waals surface area contributed by atoms with Crippen molar-refractivity contribution < 1.29 is 18.3 Å². The van der Waals surface area contributed by atoms with E-state index in [0.717, 1.165) is 0 Å². The Balaban J connectivity index is 3.16.